The van der Waals surface area contributed by atoms with Crippen LogP contribution in [0.3, 0.4) is 0 Å². The number of carbonyl (C=O) groups excluding carboxylic acids is 2. The summed E-state index contributed by atoms with van der Waals surface area (Å²) in [5.74, 6) is -2.28. The molecule has 2 aliphatic rings. The number of rotatable bonds is 2. The predicted molar refractivity (Wildman–Crippen MR) is 118 cm³/mol. The van der Waals surface area contributed by atoms with E-state index in [0.29, 0.717) is 22.7 Å². The van der Waals surface area contributed by atoms with Crippen molar-refractivity contribution in [3.05, 3.63) is 77.5 Å². The normalized spacial score (nSPS) is 20.5. The standard InChI is InChI=1S/C25H23F3N2O2/c1-24(2)14-18-22(21(31)15-24)20(13-12-16-8-4-3-5-9-16)30(23(32)25(26,27)28)19-11-7-6-10-17(19)29-18/h3-13,20,29H,14-15H2,1-2H3/b13-12+. The first-order valence-electron chi connectivity index (χ1n) is 10.3. The molecule has 1 aliphatic carbocycles. The van der Waals surface area contributed by atoms with Crippen molar-refractivity contribution in [1.29, 1.82) is 0 Å². The monoisotopic (exact) mass is 440 g/mol. The lowest BCUT2D eigenvalue weighted by Gasteiger charge is -2.35. The molecule has 4 rings (SSSR count). The molecule has 1 aliphatic heterocycles. The highest BCUT2D eigenvalue weighted by atomic mass is 19.4. The SMILES string of the molecule is CC1(C)CC(=O)C2=C(C1)Nc1ccccc1N(C(=O)C(F)(F)F)C2/C=C/c1ccccc1. The Labute approximate surface area is 184 Å². The minimum Gasteiger partial charge on any atom is -0.357 e. The van der Waals surface area contributed by atoms with Crippen LogP contribution in [0, 0.1) is 5.41 Å². The van der Waals surface area contributed by atoms with Crippen molar-refractivity contribution in [3.63, 3.8) is 0 Å². The summed E-state index contributed by atoms with van der Waals surface area (Å²) >= 11 is 0. The van der Waals surface area contributed by atoms with Crippen molar-refractivity contribution in [2.75, 3.05) is 10.2 Å². The van der Waals surface area contributed by atoms with Gasteiger partial charge in [-0.2, -0.15) is 13.2 Å². The molecule has 32 heavy (non-hydrogen) atoms. The van der Waals surface area contributed by atoms with Gasteiger partial charge in [-0.1, -0.05) is 68.5 Å². The van der Waals surface area contributed by atoms with Crippen molar-refractivity contribution in [1.82, 2.24) is 0 Å². The van der Waals surface area contributed by atoms with Crippen LogP contribution in [-0.4, -0.2) is 23.9 Å². The minimum absolute atomic E-state index is 0.0811. The van der Waals surface area contributed by atoms with Crippen LogP contribution in [0.5, 0.6) is 0 Å². The predicted octanol–water partition coefficient (Wildman–Crippen LogP) is 5.73. The number of alkyl halides is 3. The summed E-state index contributed by atoms with van der Waals surface area (Å²) in [5, 5.41) is 3.18. The number of amides is 1. The van der Waals surface area contributed by atoms with Crippen LogP contribution in [0.15, 0.2) is 71.9 Å². The molecule has 166 valence electrons. The smallest absolute Gasteiger partial charge is 0.357 e. The fourth-order valence-corrected chi connectivity index (χ4v) is 4.34. The Balaban J connectivity index is 1.94. The molecule has 0 spiro atoms. The van der Waals surface area contributed by atoms with Crippen molar-refractivity contribution in [3.8, 4) is 0 Å². The lowest BCUT2D eigenvalue weighted by atomic mass is 9.74. The van der Waals surface area contributed by atoms with Gasteiger partial charge in [0.1, 0.15) is 0 Å². The molecule has 7 heteroatoms. The number of para-hydroxylation sites is 2. The molecule has 0 radical (unpaired) electrons. The van der Waals surface area contributed by atoms with E-state index in [-0.39, 0.29) is 28.9 Å². The summed E-state index contributed by atoms with van der Waals surface area (Å²) in [5.41, 5.74) is 1.60. The summed E-state index contributed by atoms with van der Waals surface area (Å²) < 4.78 is 41.1. The second-order valence-corrected chi connectivity index (χ2v) is 8.86. The Bertz CT molecular complexity index is 1120. The van der Waals surface area contributed by atoms with E-state index in [9.17, 15) is 22.8 Å². The van der Waals surface area contributed by atoms with Gasteiger partial charge in [0.05, 0.1) is 17.4 Å². The van der Waals surface area contributed by atoms with Gasteiger partial charge in [-0.25, -0.2) is 0 Å². The van der Waals surface area contributed by atoms with E-state index in [0.717, 1.165) is 5.56 Å². The summed E-state index contributed by atoms with van der Waals surface area (Å²) in [4.78, 5) is 26.6. The number of halogens is 3. The third-order valence-electron chi connectivity index (χ3n) is 5.67. The van der Waals surface area contributed by atoms with E-state index in [1.807, 2.05) is 19.9 Å². The Kier molecular flexibility index (Phi) is 5.44. The van der Waals surface area contributed by atoms with Gasteiger partial charge in [-0.3, -0.25) is 14.5 Å². The molecule has 0 bridgehead atoms. The number of carbonyl (C=O) groups is 2. The Hall–Kier alpha value is -3.35. The number of benzene rings is 2. The van der Waals surface area contributed by atoms with Crippen LogP contribution in [0.2, 0.25) is 0 Å². The van der Waals surface area contributed by atoms with Crippen LogP contribution in [0.4, 0.5) is 24.5 Å². The first-order valence-corrected chi connectivity index (χ1v) is 10.3. The zero-order chi connectivity index (χ0) is 23.1. The molecule has 4 nitrogen and oxygen atoms in total. The fourth-order valence-electron chi connectivity index (χ4n) is 4.34. The molecular weight excluding hydrogens is 417 g/mol. The van der Waals surface area contributed by atoms with E-state index in [1.165, 1.54) is 12.1 Å². The zero-order valence-electron chi connectivity index (χ0n) is 17.7. The Morgan fingerprint density at radius 1 is 1.06 bits per heavy atom. The summed E-state index contributed by atoms with van der Waals surface area (Å²) in [6, 6.07) is 14.2. The molecule has 1 atom stereocenters. The van der Waals surface area contributed by atoms with Gasteiger partial charge >= 0.3 is 12.1 Å². The number of hydrogen-bond acceptors (Lipinski definition) is 3. The van der Waals surface area contributed by atoms with Gasteiger partial charge in [0.25, 0.3) is 0 Å². The van der Waals surface area contributed by atoms with Gasteiger partial charge in [-0.15, -0.1) is 0 Å². The average molecular weight is 440 g/mol. The van der Waals surface area contributed by atoms with Crippen LogP contribution < -0.4 is 10.2 Å². The number of hydrogen-bond donors (Lipinski definition) is 1. The summed E-state index contributed by atoms with van der Waals surface area (Å²) in [6.45, 7) is 3.89. The van der Waals surface area contributed by atoms with Gasteiger partial charge in [0, 0.05) is 17.7 Å². The van der Waals surface area contributed by atoms with Gasteiger partial charge in [0.15, 0.2) is 5.78 Å². The highest BCUT2D eigenvalue weighted by molar-refractivity contribution is 6.08. The van der Waals surface area contributed by atoms with E-state index >= 15 is 0 Å². The third-order valence-corrected chi connectivity index (χ3v) is 5.67. The molecule has 1 unspecified atom stereocenters. The molecule has 2 aromatic rings. The van der Waals surface area contributed by atoms with Crippen LogP contribution in [0.1, 0.15) is 32.3 Å². The quantitative estimate of drug-likeness (QED) is 0.649. The average Bonchev–Trinajstić information content (AvgIpc) is 2.84. The molecular formula is C25H23F3N2O2. The summed E-state index contributed by atoms with van der Waals surface area (Å²) in [7, 11) is 0. The van der Waals surface area contributed by atoms with Crippen molar-refractivity contribution in [2.45, 2.75) is 38.9 Å². The highest BCUT2D eigenvalue weighted by Crippen LogP contribution is 2.45. The minimum atomic E-state index is -5.10. The number of ketones is 1. The van der Waals surface area contributed by atoms with Gasteiger partial charge in [0.2, 0.25) is 0 Å². The number of anilines is 2. The fraction of sp³-hybridized carbons (Fsp3) is 0.280. The third kappa shape index (κ3) is 4.20. The Morgan fingerprint density at radius 3 is 2.41 bits per heavy atom. The maximum absolute atomic E-state index is 13.7. The van der Waals surface area contributed by atoms with Gasteiger partial charge in [-0.05, 0) is 29.5 Å². The highest BCUT2D eigenvalue weighted by Gasteiger charge is 2.49. The van der Waals surface area contributed by atoms with Crippen molar-refractivity contribution in [2.24, 2.45) is 5.41 Å². The largest absolute Gasteiger partial charge is 0.471 e. The molecule has 0 saturated heterocycles. The lowest BCUT2D eigenvalue weighted by Crippen LogP contribution is -2.49. The summed E-state index contributed by atoms with van der Waals surface area (Å²) in [6.07, 6.45) is -1.28. The zero-order valence-corrected chi connectivity index (χ0v) is 17.7. The van der Waals surface area contributed by atoms with Crippen molar-refractivity contribution < 1.29 is 22.8 Å². The molecule has 1 heterocycles. The number of nitrogens with zero attached hydrogens (tertiary/aromatic N) is 1. The topological polar surface area (TPSA) is 49.4 Å². The number of allylic oxidation sites excluding steroid dienone is 1. The van der Waals surface area contributed by atoms with E-state index in [4.69, 9.17) is 0 Å². The molecule has 2 aromatic carbocycles. The van der Waals surface area contributed by atoms with Crippen molar-refractivity contribution >= 4 is 29.1 Å². The molecule has 0 fully saturated rings. The molecule has 1 amide bonds. The first-order chi connectivity index (χ1) is 15.1. The second-order valence-electron chi connectivity index (χ2n) is 8.86. The maximum Gasteiger partial charge on any atom is 0.471 e. The van der Waals surface area contributed by atoms with E-state index in [2.05, 4.69) is 5.32 Å². The molecule has 0 aromatic heterocycles. The van der Waals surface area contributed by atoms with Crippen LogP contribution in [0.25, 0.3) is 6.08 Å². The Morgan fingerprint density at radius 2 is 1.72 bits per heavy atom. The van der Waals surface area contributed by atoms with E-state index in [1.54, 1.807) is 48.5 Å². The number of nitrogens with one attached hydrogen (secondary N) is 1. The van der Waals surface area contributed by atoms with E-state index < -0.39 is 18.1 Å². The maximum atomic E-state index is 13.7. The molecule has 0 saturated carbocycles. The second kappa shape index (κ2) is 7.97. The number of fused-ring (bicyclic) bond motifs is 1. The first kappa shape index (κ1) is 21.9. The van der Waals surface area contributed by atoms with Crippen LogP contribution in [-0.2, 0) is 9.59 Å². The van der Waals surface area contributed by atoms with Gasteiger partial charge < -0.3 is 5.32 Å². The lowest BCUT2D eigenvalue weighted by molar-refractivity contribution is -0.170. The van der Waals surface area contributed by atoms with Crippen LogP contribution >= 0.6 is 0 Å². The number of Topliss-reactive ketones (excluding diaryl/α,β-unsaturated/α-hetero) is 1. The molecule has 1 N–H and O–H groups in total.